The number of methoxy groups -OCH3 is 1. The van der Waals surface area contributed by atoms with Gasteiger partial charge in [0.2, 0.25) is 0 Å². The van der Waals surface area contributed by atoms with Gasteiger partial charge in [0.25, 0.3) is 0 Å². The van der Waals surface area contributed by atoms with Gasteiger partial charge in [-0.05, 0) is 42.7 Å². The number of carboxylic acids is 1. The second-order valence-electron chi connectivity index (χ2n) is 5.20. The second-order valence-corrected chi connectivity index (χ2v) is 5.20. The van der Waals surface area contributed by atoms with Crippen LogP contribution in [0.25, 0.3) is 0 Å². The van der Waals surface area contributed by atoms with E-state index >= 15 is 0 Å². The lowest BCUT2D eigenvalue weighted by Crippen LogP contribution is -2.30. The normalized spacial score (nSPS) is 11.8. The molecule has 2 aromatic carbocycles. The molecule has 0 heterocycles. The first-order chi connectivity index (χ1) is 10.5. The lowest BCUT2D eigenvalue weighted by atomic mass is 9.97. The first-order valence-corrected chi connectivity index (χ1v) is 7.10. The fourth-order valence-electron chi connectivity index (χ4n) is 2.37. The molecule has 4 nitrogen and oxygen atoms in total. The third-order valence-electron chi connectivity index (χ3n) is 3.63. The number of ether oxygens (including phenoxy) is 2. The molecule has 0 saturated carbocycles. The SMILES string of the molecule is COc1cccc(OC(Cc2c(C)cccc2C)C(=O)O)c1. The highest BCUT2D eigenvalue weighted by Gasteiger charge is 2.22. The van der Waals surface area contributed by atoms with Gasteiger partial charge in [-0.2, -0.15) is 0 Å². The molecule has 4 heteroatoms. The number of aryl methyl sites for hydroxylation is 2. The molecule has 0 aliphatic heterocycles. The van der Waals surface area contributed by atoms with E-state index in [1.807, 2.05) is 32.0 Å². The van der Waals surface area contributed by atoms with Gasteiger partial charge in [-0.25, -0.2) is 4.79 Å². The van der Waals surface area contributed by atoms with E-state index in [9.17, 15) is 9.90 Å². The van der Waals surface area contributed by atoms with Gasteiger partial charge < -0.3 is 14.6 Å². The van der Waals surface area contributed by atoms with Crippen molar-refractivity contribution < 1.29 is 19.4 Å². The molecule has 2 rings (SSSR count). The number of aliphatic carboxylic acids is 1. The zero-order valence-electron chi connectivity index (χ0n) is 13.0. The third-order valence-corrected chi connectivity index (χ3v) is 3.63. The molecule has 1 unspecified atom stereocenters. The molecule has 22 heavy (non-hydrogen) atoms. The van der Waals surface area contributed by atoms with Gasteiger partial charge in [-0.15, -0.1) is 0 Å². The Bertz CT molecular complexity index is 644. The van der Waals surface area contributed by atoms with Crippen molar-refractivity contribution in [3.8, 4) is 11.5 Å². The summed E-state index contributed by atoms with van der Waals surface area (Å²) in [6.45, 7) is 3.96. The molecular weight excluding hydrogens is 280 g/mol. The fraction of sp³-hybridized carbons (Fsp3) is 0.278. The second kappa shape index (κ2) is 6.98. The highest BCUT2D eigenvalue weighted by Crippen LogP contribution is 2.22. The molecule has 0 fully saturated rings. The smallest absolute Gasteiger partial charge is 0.345 e. The van der Waals surface area contributed by atoms with Crippen LogP contribution in [-0.4, -0.2) is 24.3 Å². The first kappa shape index (κ1) is 15.9. The van der Waals surface area contributed by atoms with Gasteiger partial charge >= 0.3 is 5.97 Å². The van der Waals surface area contributed by atoms with Crippen LogP contribution in [0, 0.1) is 13.8 Å². The lowest BCUT2D eigenvalue weighted by molar-refractivity contribution is -0.145. The molecule has 0 saturated heterocycles. The Kier molecular flexibility index (Phi) is 5.04. The number of hydrogen-bond acceptors (Lipinski definition) is 3. The minimum atomic E-state index is -0.981. The molecule has 0 radical (unpaired) electrons. The highest BCUT2D eigenvalue weighted by molar-refractivity contribution is 5.73. The maximum absolute atomic E-state index is 11.5. The first-order valence-electron chi connectivity index (χ1n) is 7.10. The molecule has 0 aliphatic rings. The molecule has 2 aromatic rings. The Labute approximate surface area is 130 Å². The van der Waals surface area contributed by atoms with Crippen LogP contribution in [0.1, 0.15) is 16.7 Å². The fourth-order valence-corrected chi connectivity index (χ4v) is 2.37. The van der Waals surface area contributed by atoms with Gasteiger partial charge in [0.1, 0.15) is 11.5 Å². The van der Waals surface area contributed by atoms with Crippen molar-refractivity contribution in [2.75, 3.05) is 7.11 Å². The van der Waals surface area contributed by atoms with Gasteiger partial charge in [-0.3, -0.25) is 0 Å². The Morgan fingerprint density at radius 3 is 2.27 bits per heavy atom. The van der Waals surface area contributed by atoms with Gasteiger partial charge in [-0.1, -0.05) is 24.3 Å². The van der Waals surface area contributed by atoms with Crippen molar-refractivity contribution in [2.45, 2.75) is 26.4 Å². The van der Waals surface area contributed by atoms with E-state index in [1.54, 1.807) is 31.4 Å². The average Bonchev–Trinajstić information content (AvgIpc) is 2.50. The standard InChI is InChI=1S/C18H20O4/c1-12-6-4-7-13(2)16(12)11-17(18(19)20)22-15-9-5-8-14(10-15)21-3/h4-10,17H,11H2,1-3H3,(H,19,20). The van der Waals surface area contributed by atoms with Crippen molar-refractivity contribution in [3.63, 3.8) is 0 Å². The maximum atomic E-state index is 11.5. The van der Waals surface area contributed by atoms with E-state index in [1.165, 1.54) is 0 Å². The Balaban J connectivity index is 2.22. The van der Waals surface area contributed by atoms with Crippen molar-refractivity contribution in [3.05, 3.63) is 59.2 Å². The molecule has 0 bridgehead atoms. The van der Waals surface area contributed by atoms with Crippen LogP contribution in [0.4, 0.5) is 0 Å². The van der Waals surface area contributed by atoms with E-state index in [-0.39, 0.29) is 0 Å². The minimum absolute atomic E-state index is 0.324. The lowest BCUT2D eigenvalue weighted by Gasteiger charge is -2.18. The van der Waals surface area contributed by atoms with Crippen molar-refractivity contribution in [1.29, 1.82) is 0 Å². The number of carbonyl (C=O) groups is 1. The van der Waals surface area contributed by atoms with Crippen LogP contribution in [0.15, 0.2) is 42.5 Å². The van der Waals surface area contributed by atoms with Crippen LogP contribution >= 0.6 is 0 Å². The van der Waals surface area contributed by atoms with Crippen molar-refractivity contribution in [1.82, 2.24) is 0 Å². The summed E-state index contributed by atoms with van der Waals surface area (Å²) in [5.41, 5.74) is 3.15. The topological polar surface area (TPSA) is 55.8 Å². The van der Waals surface area contributed by atoms with E-state index in [2.05, 4.69) is 0 Å². The van der Waals surface area contributed by atoms with Gasteiger partial charge in [0.15, 0.2) is 6.10 Å². The molecule has 0 spiro atoms. The number of carboxylic acid groups (broad SMARTS) is 1. The van der Waals surface area contributed by atoms with Crippen LogP contribution in [0.5, 0.6) is 11.5 Å². The average molecular weight is 300 g/mol. The van der Waals surface area contributed by atoms with Gasteiger partial charge in [0, 0.05) is 12.5 Å². The summed E-state index contributed by atoms with van der Waals surface area (Å²) in [6, 6.07) is 12.9. The highest BCUT2D eigenvalue weighted by atomic mass is 16.5. The predicted octanol–water partition coefficient (Wildman–Crippen LogP) is 3.39. The van der Waals surface area contributed by atoms with Gasteiger partial charge in [0.05, 0.1) is 7.11 Å². The molecular formula is C18H20O4. The van der Waals surface area contributed by atoms with Crippen LogP contribution in [-0.2, 0) is 11.2 Å². The quantitative estimate of drug-likeness (QED) is 0.888. The van der Waals surface area contributed by atoms with Crippen molar-refractivity contribution in [2.24, 2.45) is 0 Å². The monoisotopic (exact) mass is 300 g/mol. The summed E-state index contributed by atoms with van der Waals surface area (Å²) in [4.78, 5) is 11.5. The minimum Gasteiger partial charge on any atom is -0.497 e. The Morgan fingerprint density at radius 1 is 1.09 bits per heavy atom. The number of rotatable bonds is 6. The third kappa shape index (κ3) is 3.79. The maximum Gasteiger partial charge on any atom is 0.345 e. The molecule has 116 valence electrons. The van der Waals surface area contributed by atoms with Crippen LogP contribution in [0.2, 0.25) is 0 Å². The summed E-state index contributed by atoms with van der Waals surface area (Å²) in [5.74, 6) is 0.136. The zero-order chi connectivity index (χ0) is 16.1. The zero-order valence-corrected chi connectivity index (χ0v) is 13.0. The van der Waals surface area contributed by atoms with Crippen LogP contribution < -0.4 is 9.47 Å². The summed E-state index contributed by atoms with van der Waals surface area (Å²) < 4.78 is 10.8. The Hall–Kier alpha value is -2.49. The largest absolute Gasteiger partial charge is 0.497 e. The summed E-state index contributed by atoms with van der Waals surface area (Å²) in [6.07, 6.45) is -0.614. The Morgan fingerprint density at radius 2 is 1.68 bits per heavy atom. The molecule has 1 N–H and O–H groups in total. The molecule has 0 aliphatic carbocycles. The summed E-state index contributed by atoms with van der Waals surface area (Å²) in [5, 5.41) is 9.45. The van der Waals surface area contributed by atoms with E-state index in [0.717, 1.165) is 16.7 Å². The van der Waals surface area contributed by atoms with Crippen molar-refractivity contribution >= 4 is 5.97 Å². The summed E-state index contributed by atoms with van der Waals surface area (Å²) in [7, 11) is 1.56. The van der Waals surface area contributed by atoms with E-state index in [4.69, 9.17) is 9.47 Å². The van der Waals surface area contributed by atoms with E-state index in [0.29, 0.717) is 17.9 Å². The predicted molar refractivity (Wildman–Crippen MR) is 84.7 cm³/mol. The van der Waals surface area contributed by atoms with E-state index < -0.39 is 12.1 Å². The molecule has 1 atom stereocenters. The molecule has 0 aromatic heterocycles. The number of hydrogen-bond donors (Lipinski definition) is 1. The molecule has 0 amide bonds. The van der Waals surface area contributed by atoms with Crippen LogP contribution in [0.3, 0.4) is 0 Å². The summed E-state index contributed by atoms with van der Waals surface area (Å²) >= 11 is 0. The number of benzene rings is 2.